The molecule has 192 valence electrons. The van der Waals surface area contributed by atoms with E-state index in [4.69, 9.17) is 11.5 Å². The zero-order chi connectivity index (χ0) is 25.7. The van der Waals surface area contributed by atoms with Crippen molar-refractivity contribution in [3.63, 3.8) is 0 Å². The number of aliphatic carboxylic acids is 1. The molecule has 0 saturated heterocycles. The van der Waals surface area contributed by atoms with Crippen molar-refractivity contribution < 1.29 is 24.3 Å². The van der Waals surface area contributed by atoms with Gasteiger partial charge >= 0.3 is 5.97 Å². The first-order chi connectivity index (χ1) is 15.3. The van der Waals surface area contributed by atoms with Gasteiger partial charge in [-0.1, -0.05) is 48.0 Å². The molecule has 0 aliphatic heterocycles. The van der Waals surface area contributed by atoms with Gasteiger partial charge in [-0.25, -0.2) is 4.79 Å². The molecule has 0 spiro atoms. The molecule has 4 atom stereocenters. The van der Waals surface area contributed by atoms with E-state index in [1.54, 1.807) is 13.8 Å². The predicted octanol–water partition coefficient (Wildman–Crippen LogP) is 0.730. The topological polar surface area (TPSA) is 177 Å². The summed E-state index contributed by atoms with van der Waals surface area (Å²) in [4.78, 5) is 49.9. The molecule has 0 rings (SSSR count). The number of carbonyl (C=O) groups excluding carboxylic acids is 3. The molecule has 0 saturated carbocycles. The Morgan fingerprint density at radius 1 is 0.758 bits per heavy atom. The van der Waals surface area contributed by atoms with E-state index in [1.165, 1.54) is 0 Å². The zero-order valence-electron chi connectivity index (χ0n) is 21.0. The summed E-state index contributed by atoms with van der Waals surface area (Å²) in [6, 6.07) is -3.61. The van der Waals surface area contributed by atoms with Crippen LogP contribution in [0.25, 0.3) is 0 Å². The smallest absolute Gasteiger partial charge is 0.326 e. The van der Waals surface area contributed by atoms with Crippen LogP contribution >= 0.6 is 0 Å². The van der Waals surface area contributed by atoms with Gasteiger partial charge in [-0.2, -0.15) is 0 Å². The van der Waals surface area contributed by atoms with Crippen LogP contribution in [0.5, 0.6) is 0 Å². The molecule has 0 aromatic carbocycles. The van der Waals surface area contributed by atoms with E-state index in [-0.39, 0.29) is 17.8 Å². The van der Waals surface area contributed by atoms with Crippen LogP contribution in [0.15, 0.2) is 0 Å². The highest BCUT2D eigenvalue weighted by molar-refractivity contribution is 5.94. The molecule has 10 nitrogen and oxygen atoms in total. The lowest BCUT2D eigenvalue weighted by atomic mass is 9.98. The van der Waals surface area contributed by atoms with E-state index >= 15 is 0 Å². The molecule has 0 aliphatic rings. The second-order valence-corrected chi connectivity index (χ2v) is 9.84. The van der Waals surface area contributed by atoms with Gasteiger partial charge in [0.05, 0.1) is 6.04 Å². The van der Waals surface area contributed by atoms with Crippen molar-refractivity contribution in [3.05, 3.63) is 0 Å². The maximum atomic E-state index is 13.1. The largest absolute Gasteiger partial charge is 0.480 e. The number of carboxylic acids is 1. The molecule has 33 heavy (non-hydrogen) atoms. The summed E-state index contributed by atoms with van der Waals surface area (Å²) < 4.78 is 0. The Labute approximate surface area is 198 Å². The number of nitrogens with two attached hydrogens (primary N) is 2. The van der Waals surface area contributed by atoms with Crippen molar-refractivity contribution in [1.29, 1.82) is 0 Å². The Hall–Kier alpha value is -2.20. The minimum absolute atomic E-state index is 0.0671. The van der Waals surface area contributed by atoms with E-state index in [2.05, 4.69) is 16.0 Å². The molecule has 0 aliphatic carbocycles. The maximum absolute atomic E-state index is 13.1. The standard InChI is InChI=1S/C23H45N5O5/c1-13(2)11-17(26-20(29)16(25)9-7-8-10-24)21(30)27-18(12-14(3)4)22(31)28-19(15(5)6)23(32)33/h13-19H,7-12,24-25H2,1-6H3,(H,26,29)(H,27,30)(H,28,31)(H,32,33). The number of hydrogen-bond donors (Lipinski definition) is 6. The van der Waals surface area contributed by atoms with Gasteiger partial charge in [0.1, 0.15) is 18.1 Å². The second kappa shape index (κ2) is 15.6. The summed E-state index contributed by atoms with van der Waals surface area (Å²) in [6.07, 6.45) is 2.62. The van der Waals surface area contributed by atoms with Gasteiger partial charge in [0.2, 0.25) is 17.7 Å². The average Bonchev–Trinajstić information content (AvgIpc) is 2.69. The number of carbonyl (C=O) groups is 4. The summed E-state index contributed by atoms with van der Waals surface area (Å²) in [6.45, 7) is 11.6. The first-order valence-corrected chi connectivity index (χ1v) is 11.9. The molecule has 0 aromatic heterocycles. The minimum Gasteiger partial charge on any atom is -0.480 e. The SMILES string of the molecule is CC(C)CC(NC(=O)C(N)CCCCN)C(=O)NC(CC(C)C)C(=O)NC(C(=O)O)C(C)C. The molecule has 0 heterocycles. The molecule has 0 aromatic rings. The quantitative estimate of drug-likeness (QED) is 0.180. The van der Waals surface area contributed by atoms with Crippen LogP contribution in [0.2, 0.25) is 0 Å². The third kappa shape index (κ3) is 12.6. The van der Waals surface area contributed by atoms with Gasteiger partial charge in [-0.3, -0.25) is 14.4 Å². The Kier molecular flexibility index (Phi) is 14.6. The van der Waals surface area contributed by atoms with E-state index < -0.39 is 47.9 Å². The fourth-order valence-electron chi connectivity index (χ4n) is 3.36. The van der Waals surface area contributed by atoms with Crippen LogP contribution in [-0.2, 0) is 19.2 Å². The van der Waals surface area contributed by atoms with E-state index in [0.29, 0.717) is 32.2 Å². The molecule has 0 radical (unpaired) electrons. The predicted molar refractivity (Wildman–Crippen MR) is 128 cm³/mol. The van der Waals surface area contributed by atoms with Crippen molar-refractivity contribution in [3.8, 4) is 0 Å². The van der Waals surface area contributed by atoms with Crippen LogP contribution in [0, 0.1) is 17.8 Å². The van der Waals surface area contributed by atoms with Crippen LogP contribution in [-0.4, -0.2) is 59.5 Å². The Morgan fingerprint density at radius 3 is 1.61 bits per heavy atom. The van der Waals surface area contributed by atoms with Gasteiger partial charge in [0.15, 0.2) is 0 Å². The molecule has 3 amide bonds. The first kappa shape index (κ1) is 30.8. The van der Waals surface area contributed by atoms with Gasteiger partial charge in [0.25, 0.3) is 0 Å². The molecule has 0 fully saturated rings. The van der Waals surface area contributed by atoms with Crippen molar-refractivity contribution in [2.24, 2.45) is 29.2 Å². The van der Waals surface area contributed by atoms with Gasteiger partial charge < -0.3 is 32.5 Å². The fourth-order valence-corrected chi connectivity index (χ4v) is 3.36. The zero-order valence-corrected chi connectivity index (χ0v) is 21.0. The third-order valence-corrected chi connectivity index (χ3v) is 5.22. The first-order valence-electron chi connectivity index (χ1n) is 11.9. The van der Waals surface area contributed by atoms with Crippen LogP contribution in [0.4, 0.5) is 0 Å². The summed E-state index contributed by atoms with van der Waals surface area (Å²) in [5.74, 6) is -2.78. The highest BCUT2D eigenvalue weighted by Gasteiger charge is 2.31. The molecule has 0 bridgehead atoms. The minimum atomic E-state index is -1.14. The normalized spacial score (nSPS) is 15.1. The molecule has 4 unspecified atom stereocenters. The van der Waals surface area contributed by atoms with Gasteiger partial charge in [-0.05, 0) is 50.0 Å². The van der Waals surface area contributed by atoms with Crippen LogP contribution < -0.4 is 27.4 Å². The van der Waals surface area contributed by atoms with E-state index in [0.717, 1.165) is 6.42 Å². The number of hydrogen-bond acceptors (Lipinski definition) is 6. The fraction of sp³-hybridized carbons (Fsp3) is 0.826. The summed E-state index contributed by atoms with van der Waals surface area (Å²) in [7, 11) is 0. The molecule has 8 N–H and O–H groups in total. The summed E-state index contributed by atoms with van der Waals surface area (Å²) >= 11 is 0. The number of carboxylic acid groups (broad SMARTS) is 1. The van der Waals surface area contributed by atoms with Crippen LogP contribution in [0.1, 0.15) is 73.6 Å². The summed E-state index contributed by atoms with van der Waals surface area (Å²) in [5.41, 5.74) is 11.4. The lowest BCUT2D eigenvalue weighted by molar-refractivity contribution is -0.143. The Morgan fingerprint density at radius 2 is 1.21 bits per heavy atom. The van der Waals surface area contributed by atoms with Crippen LogP contribution in [0.3, 0.4) is 0 Å². The molecular weight excluding hydrogens is 426 g/mol. The lowest BCUT2D eigenvalue weighted by Gasteiger charge is -2.27. The van der Waals surface area contributed by atoms with E-state index in [1.807, 2.05) is 27.7 Å². The Bertz CT molecular complexity index is 639. The van der Waals surface area contributed by atoms with Gasteiger partial charge in [0, 0.05) is 0 Å². The maximum Gasteiger partial charge on any atom is 0.326 e. The number of amides is 3. The van der Waals surface area contributed by atoms with Crippen molar-refractivity contribution in [2.75, 3.05) is 6.54 Å². The Balaban J connectivity index is 5.41. The van der Waals surface area contributed by atoms with Crippen molar-refractivity contribution in [1.82, 2.24) is 16.0 Å². The lowest BCUT2D eigenvalue weighted by Crippen LogP contribution is -2.58. The number of rotatable bonds is 16. The van der Waals surface area contributed by atoms with E-state index in [9.17, 15) is 24.3 Å². The monoisotopic (exact) mass is 471 g/mol. The second-order valence-electron chi connectivity index (χ2n) is 9.84. The molecular formula is C23H45N5O5. The highest BCUT2D eigenvalue weighted by Crippen LogP contribution is 2.11. The third-order valence-electron chi connectivity index (χ3n) is 5.22. The number of nitrogens with one attached hydrogen (secondary N) is 3. The van der Waals surface area contributed by atoms with Gasteiger partial charge in [-0.15, -0.1) is 0 Å². The van der Waals surface area contributed by atoms with Crippen molar-refractivity contribution in [2.45, 2.75) is 97.8 Å². The van der Waals surface area contributed by atoms with Crippen molar-refractivity contribution >= 4 is 23.7 Å². The molecule has 10 heteroatoms. The highest BCUT2D eigenvalue weighted by atomic mass is 16.4. The number of unbranched alkanes of at least 4 members (excludes halogenated alkanes) is 1. The average molecular weight is 472 g/mol. The summed E-state index contributed by atoms with van der Waals surface area (Å²) in [5, 5.41) is 17.3.